The lowest BCUT2D eigenvalue weighted by atomic mass is 10.3. The second kappa shape index (κ2) is 7.62. The highest BCUT2D eigenvalue weighted by Gasteiger charge is 2.08. The standard InChI is InChI=1S/C15H17N3O2S/c1-18-10-9-16-14(18)7-8-17-15(20)13-6-5-12(21-13)4-2-3-11-19/h5-6,9-10,19H,3,7-8,11H2,1H3,(H,17,20). The Morgan fingerprint density at radius 2 is 2.38 bits per heavy atom. The van der Waals surface area contributed by atoms with Crippen molar-refractivity contribution in [3.05, 3.63) is 40.1 Å². The van der Waals surface area contributed by atoms with Crippen LogP contribution in [0.1, 0.15) is 26.8 Å². The molecule has 2 aromatic rings. The van der Waals surface area contributed by atoms with E-state index in [1.807, 2.05) is 23.9 Å². The third-order valence-corrected chi connectivity index (χ3v) is 3.83. The number of nitrogens with zero attached hydrogens (tertiary/aromatic N) is 2. The number of hydrogen-bond donors (Lipinski definition) is 2. The highest BCUT2D eigenvalue weighted by molar-refractivity contribution is 7.14. The van der Waals surface area contributed by atoms with E-state index < -0.39 is 0 Å². The number of imidazole rings is 1. The Balaban J connectivity index is 1.84. The van der Waals surface area contributed by atoms with Crippen LogP contribution in [0.2, 0.25) is 0 Å². The summed E-state index contributed by atoms with van der Waals surface area (Å²) in [6.07, 6.45) is 4.77. The van der Waals surface area contributed by atoms with E-state index in [-0.39, 0.29) is 12.5 Å². The minimum Gasteiger partial charge on any atom is -0.395 e. The van der Waals surface area contributed by atoms with Crippen LogP contribution < -0.4 is 5.32 Å². The summed E-state index contributed by atoms with van der Waals surface area (Å²) in [5, 5.41) is 11.5. The maximum Gasteiger partial charge on any atom is 0.261 e. The molecule has 1 amide bonds. The zero-order valence-corrected chi connectivity index (χ0v) is 12.6. The van der Waals surface area contributed by atoms with Gasteiger partial charge in [0.1, 0.15) is 5.82 Å². The Bertz CT molecular complexity index is 664. The molecule has 0 unspecified atom stereocenters. The van der Waals surface area contributed by atoms with Gasteiger partial charge in [-0.1, -0.05) is 11.8 Å². The average Bonchev–Trinajstić information content (AvgIpc) is 3.09. The fourth-order valence-corrected chi connectivity index (χ4v) is 2.54. The molecule has 0 bridgehead atoms. The number of aliphatic hydroxyl groups excluding tert-OH is 1. The van der Waals surface area contributed by atoms with E-state index in [4.69, 9.17) is 5.11 Å². The summed E-state index contributed by atoms with van der Waals surface area (Å²) in [4.78, 5) is 17.7. The molecule has 21 heavy (non-hydrogen) atoms. The van der Waals surface area contributed by atoms with E-state index in [0.717, 1.165) is 10.7 Å². The van der Waals surface area contributed by atoms with Crippen LogP contribution in [0.15, 0.2) is 24.5 Å². The molecule has 2 aromatic heterocycles. The molecule has 110 valence electrons. The molecule has 0 aromatic carbocycles. The molecule has 0 radical (unpaired) electrons. The predicted molar refractivity (Wildman–Crippen MR) is 82.1 cm³/mol. The Hall–Kier alpha value is -2.10. The molecular formula is C15H17N3O2S. The third kappa shape index (κ3) is 4.45. The molecule has 2 heterocycles. The van der Waals surface area contributed by atoms with E-state index in [0.29, 0.717) is 24.3 Å². The van der Waals surface area contributed by atoms with Gasteiger partial charge >= 0.3 is 0 Å². The average molecular weight is 303 g/mol. The van der Waals surface area contributed by atoms with Crippen LogP contribution in [0.5, 0.6) is 0 Å². The molecule has 2 rings (SSSR count). The minimum absolute atomic E-state index is 0.0545. The Morgan fingerprint density at radius 3 is 3.10 bits per heavy atom. The Morgan fingerprint density at radius 1 is 1.52 bits per heavy atom. The van der Waals surface area contributed by atoms with Gasteiger partial charge in [0.25, 0.3) is 5.91 Å². The fraction of sp³-hybridized carbons (Fsp3) is 0.333. The van der Waals surface area contributed by atoms with Gasteiger partial charge in [0.2, 0.25) is 0 Å². The van der Waals surface area contributed by atoms with Crippen molar-refractivity contribution in [3.8, 4) is 11.8 Å². The Labute approximate surface area is 127 Å². The molecule has 0 saturated heterocycles. The predicted octanol–water partition coefficient (Wildman–Crippen LogP) is 1.19. The molecule has 5 nitrogen and oxygen atoms in total. The topological polar surface area (TPSA) is 67.2 Å². The largest absolute Gasteiger partial charge is 0.395 e. The minimum atomic E-state index is -0.0931. The normalized spacial score (nSPS) is 10.0. The van der Waals surface area contributed by atoms with Crippen molar-refractivity contribution in [2.75, 3.05) is 13.2 Å². The summed E-state index contributed by atoms with van der Waals surface area (Å²) < 4.78 is 1.94. The van der Waals surface area contributed by atoms with Gasteiger partial charge in [0.05, 0.1) is 16.4 Å². The van der Waals surface area contributed by atoms with E-state index in [9.17, 15) is 4.79 Å². The highest BCUT2D eigenvalue weighted by Crippen LogP contribution is 2.15. The summed E-state index contributed by atoms with van der Waals surface area (Å²) in [5.74, 6) is 6.61. The second-order valence-corrected chi connectivity index (χ2v) is 5.48. The lowest BCUT2D eigenvalue weighted by Crippen LogP contribution is -2.25. The quantitative estimate of drug-likeness (QED) is 0.815. The van der Waals surface area contributed by atoms with Crippen LogP contribution in [-0.2, 0) is 13.5 Å². The molecule has 0 aliphatic rings. The zero-order chi connectivity index (χ0) is 15.1. The van der Waals surface area contributed by atoms with Crippen LogP contribution in [0, 0.1) is 11.8 Å². The van der Waals surface area contributed by atoms with Gasteiger partial charge in [-0.15, -0.1) is 11.3 Å². The summed E-state index contributed by atoms with van der Waals surface area (Å²) in [6.45, 7) is 0.603. The van der Waals surface area contributed by atoms with Crippen molar-refractivity contribution in [2.24, 2.45) is 7.05 Å². The van der Waals surface area contributed by atoms with Gasteiger partial charge in [-0.3, -0.25) is 4.79 Å². The van der Waals surface area contributed by atoms with Crippen molar-refractivity contribution in [1.29, 1.82) is 0 Å². The number of amides is 1. The zero-order valence-electron chi connectivity index (χ0n) is 11.8. The number of rotatable bonds is 5. The van der Waals surface area contributed by atoms with Crippen LogP contribution in [0.25, 0.3) is 0 Å². The first kappa shape index (κ1) is 15.3. The van der Waals surface area contributed by atoms with E-state index in [2.05, 4.69) is 22.1 Å². The molecule has 0 aliphatic heterocycles. The van der Waals surface area contributed by atoms with Gasteiger partial charge in [0, 0.05) is 38.8 Å². The number of thiophene rings is 1. The first-order chi connectivity index (χ1) is 10.2. The van der Waals surface area contributed by atoms with Crippen LogP contribution in [0.3, 0.4) is 0 Å². The molecule has 2 N–H and O–H groups in total. The lowest BCUT2D eigenvalue weighted by Gasteiger charge is -2.03. The van der Waals surface area contributed by atoms with Crippen LogP contribution in [0.4, 0.5) is 0 Å². The van der Waals surface area contributed by atoms with Gasteiger partial charge in [-0.25, -0.2) is 4.98 Å². The van der Waals surface area contributed by atoms with Crippen molar-refractivity contribution in [3.63, 3.8) is 0 Å². The van der Waals surface area contributed by atoms with Gasteiger partial charge in [-0.2, -0.15) is 0 Å². The summed E-state index contributed by atoms with van der Waals surface area (Å²) >= 11 is 1.35. The van der Waals surface area contributed by atoms with Gasteiger partial charge in [-0.05, 0) is 12.1 Å². The number of carbonyl (C=O) groups excluding carboxylic acids is 1. The van der Waals surface area contributed by atoms with Crippen LogP contribution >= 0.6 is 11.3 Å². The number of carbonyl (C=O) groups is 1. The second-order valence-electron chi connectivity index (χ2n) is 4.40. The van der Waals surface area contributed by atoms with Crippen molar-refractivity contribution >= 4 is 17.2 Å². The molecule has 0 fully saturated rings. The molecule has 6 heteroatoms. The summed E-state index contributed by atoms with van der Waals surface area (Å²) in [6, 6.07) is 3.59. The van der Waals surface area contributed by atoms with Gasteiger partial charge in [0.15, 0.2) is 0 Å². The van der Waals surface area contributed by atoms with Crippen molar-refractivity contribution < 1.29 is 9.90 Å². The van der Waals surface area contributed by atoms with E-state index >= 15 is 0 Å². The maximum atomic E-state index is 12.0. The first-order valence-corrected chi connectivity index (χ1v) is 7.46. The monoisotopic (exact) mass is 303 g/mol. The molecular weight excluding hydrogens is 286 g/mol. The molecule has 0 spiro atoms. The first-order valence-electron chi connectivity index (χ1n) is 6.64. The SMILES string of the molecule is Cn1ccnc1CCNC(=O)c1ccc(C#CCCO)s1. The molecule has 0 atom stereocenters. The molecule has 0 aliphatic carbocycles. The van der Waals surface area contributed by atoms with E-state index in [1.165, 1.54) is 11.3 Å². The molecule has 0 saturated carbocycles. The lowest BCUT2D eigenvalue weighted by molar-refractivity contribution is 0.0958. The number of aliphatic hydroxyl groups is 1. The number of nitrogens with one attached hydrogen (secondary N) is 1. The third-order valence-electron chi connectivity index (χ3n) is 2.83. The number of aryl methyl sites for hydroxylation is 1. The number of hydrogen-bond acceptors (Lipinski definition) is 4. The summed E-state index contributed by atoms with van der Waals surface area (Å²) in [5.41, 5.74) is 0. The van der Waals surface area contributed by atoms with Gasteiger partial charge < -0.3 is 15.0 Å². The number of aromatic nitrogens is 2. The van der Waals surface area contributed by atoms with Crippen molar-refractivity contribution in [2.45, 2.75) is 12.8 Å². The van der Waals surface area contributed by atoms with Crippen molar-refractivity contribution in [1.82, 2.24) is 14.9 Å². The maximum absolute atomic E-state index is 12.0. The van der Waals surface area contributed by atoms with Crippen LogP contribution in [-0.4, -0.2) is 33.7 Å². The summed E-state index contributed by atoms with van der Waals surface area (Å²) in [7, 11) is 1.93. The fourth-order valence-electron chi connectivity index (χ4n) is 1.74. The Kier molecular flexibility index (Phi) is 5.55. The highest BCUT2D eigenvalue weighted by atomic mass is 32.1. The smallest absolute Gasteiger partial charge is 0.261 e. The van der Waals surface area contributed by atoms with E-state index in [1.54, 1.807) is 12.3 Å².